The van der Waals surface area contributed by atoms with Gasteiger partial charge in [-0.2, -0.15) is 0 Å². The maximum Gasteiger partial charge on any atom is 0.251 e. The van der Waals surface area contributed by atoms with Crippen LogP contribution in [0.3, 0.4) is 0 Å². The highest BCUT2D eigenvalue weighted by Gasteiger charge is 2.08. The summed E-state index contributed by atoms with van der Waals surface area (Å²) in [4.78, 5) is 16.1. The maximum absolute atomic E-state index is 11.8. The highest BCUT2D eigenvalue weighted by Crippen LogP contribution is 2.24. The van der Waals surface area contributed by atoms with Crippen molar-refractivity contribution in [3.63, 3.8) is 0 Å². The quantitative estimate of drug-likeness (QED) is 0.732. The van der Waals surface area contributed by atoms with Gasteiger partial charge < -0.3 is 15.5 Å². The number of nitrogens with one attached hydrogen (secondary N) is 1. The molecule has 2 rings (SSSR count). The number of hydrogen-bond acceptors (Lipinski definition) is 4. The Hall–Kier alpha value is -2.56. The molecular formula is C14H14N2O3. The Balaban J connectivity index is 2.03. The third-order valence-electron chi connectivity index (χ3n) is 2.61. The van der Waals surface area contributed by atoms with Gasteiger partial charge in [0.25, 0.3) is 5.91 Å². The number of aromatic hydroxyl groups is 2. The third kappa shape index (κ3) is 3.22. The van der Waals surface area contributed by atoms with Crippen LogP contribution in [0.15, 0.2) is 36.4 Å². The van der Waals surface area contributed by atoms with E-state index in [0.717, 1.165) is 11.4 Å². The summed E-state index contributed by atoms with van der Waals surface area (Å²) in [6, 6.07) is 9.50. The van der Waals surface area contributed by atoms with Crippen molar-refractivity contribution in [3.05, 3.63) is 53.3 Å². The van der Waals surface area contributed by atoms with E-state index in [1.165, 1.54) is 18.2 Å². The van der Waals surface area contributed by atoms with E-state index in [2.05, 4.69) is 10.3 Å². The van der Waals surface area contributed by atoms with Crippen LogP contribution in [-0.4, -0.2) is 21.1 Å². The molecule has 0 aliphatic heterocycles. The first-order chi connectivity index (χ1) is 9.06. The van der Waals surface area contributed by atoms with Crippen molar-refractivity contribution in [3.8, 4) is 11.5 Å². The van der Waals surface area contributed by atoms with E-state index < -0.39 is 0 Å². The first-order valence-electron chi connectivity index (χ1n) is 5.79. The number of carbonyl (C=O) groups is 1. The second-order valence-electron chi connectivity index (χ2n) is 4.16. The van der Waals surface area contributed by atoms with Crippen molar-refractivity contribution in [2.24, 2.45) is 0 Å². The van der Waals surface area contributed by atoms with Crippen LogP contribution < -0.4 is 5.32 Å². The molecule has 0 radical (unpaired) electrons. The number of aryl methyl sites for hydroxylation is 1. The van der Waals surface area contributed by atoms with E-state index in [0.29, 0.717) is 6.54 Å². The average molecular weight is 258 g/mol. The molecule has 5 heteroatoms. The van der Waals surface area contributed by atoms with Gasteiger partial charge in [-0.05, 0) is 37.3 Å². The van der Waals surface area contributed by atoms with Gasteiger partial charge in [-0.25, -0.2) is 0 Å². The molecule has 1 heterocycles. The van der Waals surface area contributed by atoms with Gasteiger partial charge >= 0.3 is 0 Å². The Morgan fingerprint density at radius 3 is 2.68 bits per heavy atom. The zero-order chi connectivity index (χ0) is 13.8. The number of nitrogens with zero attached hydrogens (tertiary/aromatic N) is 1. The van der Waals surface area contributed by atoms with Crippen LogP contribution in [0.1, 0.15) is 21.7 Å². The minimum Gasteiger partial charge on any atom is -0.504 e. The molecule has 0 unspecified atom stereocenters. The Labute approximate surface area is 110 Å². The molecule has 1 amide bonds. The van der Waals surface area contributed by atoms with Crippen molar-refractivity contribution in [1.82, 2.24) is 10.3 Å². The second-order valence-corrected chi connectivity index (χ2v) is 4.16. The largest absolute Gasteiger partial charge is 0.504 e. The number of phenolic OH excluding ortho intramolecular Hbond substituents is 2. The van der Waals surface area contributed by atoms with Crippen molar-refractivity contribution in [2.45, 2.75) is 13.5 Å². The molecule has 1 aromatic heterocycles. The third-order valence-corrected chi connectivity index (χ3v) is 2.61. The molecular weight excluding hydrogens is 244 g/mol. The van der Waals surface area contributed by atoms with E-state index in [9.17, 15) is 15.0 Å². The smallest absolute Gasteiger partial charge is 0.251 e. The molecule has 0 atom stereocenters. The van der Waals surface area contributed by atoms with Gasteiger partial charge in [0.15, 0.2) is 11.5 Å². The van der Waals surface area contributed by atoms with E-state index in [1.807, 2.05) is 25.1 Å². The van der Waals surface area contributed by atoms with Gasteiger partial charge in [-0.1, -0.05) is 6.07 Å². The van der Waals surface area contributed by atoms with Crippen LogP contribution in [-0.2, 0) is 6.54 Å². The standard InChI is InChI=1S/C14H14N2O3/c1-9-3-2-4-11(16-9)8-15-14(19)10-5-6-12(17)13(18)7-10/h2-7,17-18H,8H2,1H3,(H,15,19). The van der Waals surface area contributed by atoms with E-state index >= 15 is 0 Å². The molecule has 0 fully saturated rings. The summed E-state index contributed by atoms with van der Waals surface area (Å²) in [5.41, 5.74) is 1.92. The van der Waals surface area contributed by atoms with Crippen LogP contribution in [0.25, 0.3) is 0 Å². The highest BCUT2D eigenvalue weighted by atomic mass is 16.3. The molecule has 0 spiro atoms. The fourth-order valence-corrected chi connectivity index (χ4v) is 1.64. The van der Waals surface area contributed by atoms with Crippen molar-refractivity contribution in [1.29, 1.82) is 0 Å². The van der Waals surface area contributed by atoms with Crippen LogP contribution in [0.4, 0.5) is 0 Å². The van der Waals surface area contributed by atoms with E-state index in [-0.39, 0.29) is 23.0 Å². The molecule has 2 aromatic rings. The molecule has 5 nitrogen and oxygen atoms in total. The van der Waals surface area contributed by atoms with Crippen LogP contribution in [0, 0.1) is 6.92 Å². The molecule has 98 valence electrons. The summed E-state index contributed by atoms with van der Waals surface area (Å²) >= 11 is 0. The Morgan fingerprint density at radius 1 is 1.21 bits per heavy atom. The lowest BCUT2D eigenvalue weighted by atomic mass is 10.2. The monoisotopic (exact) mass is 258 g/mol. The number of aromatic nitrogens is 1. The van der Waals surface area contributed by atoms with Gasteiger partial charge in [0, 0.05) is 11.3 Å². The van der Waals surface area contributed by atoms with Gasteiger partial charge in [-0.3, -0.25) is 9.78 Å². The fraction of sp³-hybridized carbons (Fsp3) is 0.143. The predicted octanol–water partition coefficient (Wildman–Crippen LogP) is 1.73. The van der Waals surface area contributed by atoms with Crippen LogP contribution >= 0.6 is 0 Å². The molecule has 0 saturated carbocycles. The number of pyridine rings is 1. The second kappa shape index (κ2) is 5.39. The van der Waals surface area contributed by atoms with Gasteiger partial charge in [0.1, 0.15) is 0 Å². The number of benzene rings is 1. The zero-order valence-electron chi connectivity index (χ0n) is 10.4. The zero-order valence-corrected chi connectivity index (χ0v) is 10.4. The topological polar surface area (TPSA) is 82.5 Å². The first-order valence-corrected chi connectivity index (χ1v) is 5.79. The first kappa shape index (κ1) is 12.9. The summed E-state index contributed by atoms with van der Waals surface area (Å²) in [7, 11) is 0. The Morgan fingerprint density at radius 2 is 2.00 bits per heavy atom. The van der Waals surface area contributed by atoms with Crippen molar-refractivity contribution in [2.75, 3.05) is 0 Å². The van der Waals surface area contributed by atoms with Crippen molar-refractivity contribution < 1.29 is 15.0 Å². The summed E-state index contributed by atoms with van der Waals surface area (Å²) < 4.78 is 0. The molecule has 3 N–H and O–H groups in total. The van der Waals surface area contributed by atoms with E-state index in [1.54, 1.807) is 0 Å². The molecule has 19 heavy (non-hydrogen) atoms. The normalized spacial score (nSPS) is 10.2. The minimum absolute atomic E-state index is 0.253. The number of amides is 1. The molecule has 0 aliphatic carbocycles. The van der Waals surface area contributed by atoms with Crippen LogP contribution in [0.2, 0.25) is 0 Å². The van der Waals surface area contributed by atoms with Crippen molar-refractivity contribution >= 4 is 5.91 Å². The van der Waals surface area contributed by atoms with Crippen LogP contribution in [0.5, 0.6) is 11.5 Å². The molecule has 0 aliphatic rings. The highest BCUT2D eigenvalue weighted by molar-refractivity contribution is 5.94. The molecule has 1 aromatic carbocycles. The SMILES string of the molecule is Cc1cccc(CNC(=O)c2ccc(O)c(O)c2)n1. The summed E-state index contributed by atoms with van der Waals surface area (Å²) in [6.07, 6.45) is 0. The van der Waals surface area contributed by atoms with Gasteiger partial charge in [0.2, 0.25) is 0 Å². The number of carbonyl (C=O) groups excluding carboxylic acids is 1. The minimum atomic E-state index is -0.335. The summed E-state index contributed by atoms with van der Waals surface area (Å²) in [5, 5.41) is 21.2. The lowest BCUT2D eigenvalue weighted by molar-refractivity contribution is 0.0950. The molecule has 0 bridgehead atoms. The number of hydrogen-bond donors (Lipinski definition) is 3. The van der Waals surface area contributed by atoms with Gasteiger partial charge in [0.05, 0.1) is 12.2 Å². The maximum atomic E-state index is 11.8. The fourth-order valence-electron chi connectivity index (χ4n) is 1.64. The Kier molecular flexibility index (Phi) is 3.66. The number of rotatable bonds is 3. The summed E-state index contributed by atoms with van der Waals surface area (Å²) in [6.45, 7) is 2.19. The Bertz CT molecular complexity index is 611. The number of phenols is 2. The predicted molar refractivity (Wildman–Crippen MR) is 69.9 cm³/mol. The molecule has 0 saturated heterocycles. The van der Waals surface area contributed by atoms with E-state index in [4.69, 9.17) is 0 Å². The summed E-state index contributed by atoms with van der Waals surface area (Å²) in [5.74, 6) is -0.906. The lowest BCUT2D eigenvalue weighted by Gasteiger charge is -2.06. The van der Waals surface area contributed by atoms with Gasteiger partial charge in [-0.15, -0.1) is 0 Å². The lowest BCUT2D eigenvalue weighted by Crippen LogP contribution is -2.23. The average Bonchev–Trinajstić information content (AvgIpc) is 2.39.